The number of amides is 1. The first-order valence-corrected chi connectivity index (χ1v) is 8.08. The molecule has 1 unspecified atom stereocenters. The molecule has 1 amide bonds. The first-order valence-electron chi connectivity index (χ1n) is 8.08. The van der Waals surface area contributed by atoms with Crippen LogP contribution in [-0.2, 0) is 11.3 Å². The van der Waals surface area contributed by atoms with E-state index in [9.17, 15) is 14.3 Å². The van der Waals surface area contributed by atoms with Gasteiger partial charge in [0.05, 0.1) is 0 Å². The van der Waals surface area contributed by atoms with E-state index in [0.717, 1.165) is 18.4 Å². The molecular formula is C19H20FNO3. The van der Waals surface area contributed by atoms with E-state index in [0.29, 0.717) is 18.7 Å². The molecule has 1 fully saturated rings. The SMILES string of the molecule is O=C(OCc1ccccc1)N1CCCC(c2cccc(O)c2F)C1. The molecule has 0 radical (unpaired) electrons. The summed E-state index contributed by atoms with van der Waals surface area (Å²) in [6.07, 6.45) is 1.17. The second-order valence-electron chi connectivity index (χ2n) is 6.01. The van der Waals surface area contributed by atoms with Gasteiger partial charge >= 0.3 is 6.09 Å². The zero-order valence-corrected chi connectivity index (χ0v) is 13.3. The molecule has 0 spiro atoms. The van der Waals surface area contributed by atoms with Crippen molar-refractivity contribution in [2.75, 3.05) is 13.1 Å². The zero-order valence-electron chi connectivity index (χ0n) is 13.3. The molecule has 24 heavy (non-hydrogen) atoms. The minimum atomic E-state index is -0.595. The highest BCUT2D eigenvalue weighted by Gasteiger charge is 2.28. The van der Waals surface area contributed by atoms with E-state index in [-0.39, 0.29) is 24.4 Å². The van der Waals surface area contributed by atoms with Crippen molar-refractivity contribution in [3.05, 3.63) is 65.5 Å². The van der Waals surface area contributed by atoms with Gasteiger partial charge in [0.15, 0.2) is 11.6 Å². The number of aromatic hydroxyl groups is 1. The van der Waals surface area contributed by atoms with Gasteiger partial charge in [-0.3, -0.25) is 0 Å². The molecule has 3 rings (SSSR count). The number of nitrogens with zero attached hydrogens (tertiary/aromatic N) is 1. The van der Waals surface area contributed by atoms with Gasteiger partial charge in [-0.1, -0.05) is 42.5 Å². The fraction of sp³-hybridized carbons (Fsp3) is 0.316. The van der Waals surface area contributed by atoms with Gasteiger partial charge in [-0.05, 0) is 30.0 Å². The van der Waals surface area contributed by atoms with E-state index in [4.69, 9.17) is 4.74 Å². The van der Waals surface area contributed by atoms with Gasteiger partial charge in [-0.15, -0.1) is 0 Å². The number of hydrogen-bond donors (Lipinski definition) is 1. The second kappa shape index (κ2) is 7.34. The van der Waals surface area contributed by atoms with Crippen molar-refractivity contribution in [1.82, 2.24) is 4.90 Å². The van der Waals surface area contributed by atoms with Crippen LogP contribution >= 0.6 is 0 Å². The van der Waals surface area contributed by atoms with Crippen LogP contribution in [0.2, 0.25) is 0 Å². The van der Waals surface area contributed by atoms with Gasteiger partial charge in [-0.25, -0.2) is 9.18 Å². The normalized spacial score (nSPS) is 17.5. The van der Waals surface area contributed by atoms with Crippen LogP contribution in [0, 0.1) is 5.82 Å². The van der Waals surface area contributed by atoms with Crippen molar-refractivity contribution in [2.45, 2.75) is 25.4 Å². The summed E-state index contributed by atoms with van der Waals surface area (Å²) in [7, 11) is 0. The molecule has 1 saturated heterocycles. The van der Waals surface area contributed by atoms with Crippen LogP contribution in [0.4, 0.5) is 9.18 Å². The molecule has 1 atom stereocenters. The second-order valence-corrected chi connectivity index (χ2v) is 6.01. The van der Waals surface area contributed by atoms with Crippen LogP contribution in [0.25, 0.3) is 0 Å². The van der Waals surface area contributed by atoms with E-state index in [1.807, 2.05) is 30.3 Å². The predicted molar refractivity (Wildman–Crippen MR) is 88.2 cm³/mol. The fourth-order valence-electron chi connectivity index (χ4n) is 3.06. The van der Waals surface area contributed by atoms with Gasteiger partial charge in [-0.2, -0.15) is 0 Å². The average molecular weight is 329 g/mol. The van der Waals surface area contributed by atoms with Crippen LogP contribution in [0.5, 0.6) is 5.75 Å². The Morgan fingerprint density at radius 3 is 2.79 bits per heavy atom. The summed E-state index contributed by atoms with van der Waals surface area (Å²) >= 11 is 0. The Morgan fingerprint density at radius 2 is 2.00 bits per heavy atom. The molecule has 4 nitrogen and oxygen atoms in total. The monoisotopic (exact) mass is 329 g/mol. The van der Waals surface area contributed by atoms with Crippen molar-refractivity contribution in [3.63, 3.8) is 0 Å². The van der Waals surface area contributed by atoms with E-state index < -0.39 is 5.82 Å². The Balaban J connectivity index is 1.62. The lowest BCUT2D eigenvalue weighted by Crippen LogP contribution is -2.39. The van der Waals surface area contributed by atoms with Crippen LogP contribution < -0.4 is 0 Å². The quantitative estimate of drug-likeness (QED) is 0.924. The lowest BCUT2D eigenvalue weighted by molar-refractivity contribution is 0.0856. The summed E-state index contributed by atoms with van der Waals surface area (Å²) in [6, 6.07) is 14.1. The molecule has 1 heterocycles. The average Bonchev–Trinajstić information content (AvgIpc) is 2.63. The minimum Gasteiger partial charge on any atom is -0.505 e. The van der Waals surface area contributed by atoms with Crippen molar-refractivity contribution >= 4 is 6.09 Å². The molecule has 5 heteroatoms. The number of carbonyl (C=O) groups excluding carboxylic acids is 1. The molecule has 2 aromatic carbocycles. The van der Waals surface area contributed by atoms with Crippen molar-refractivity contribution in [2.24, 2.45) is 0 Å². The third-order valence-corrected chi connectivity index (χ3v) is 4.33. The standard InChI is InChI=1S/C19H20FNO3/c20-18-16(9-4-10-17(18)22)15-8-5-11-21(12-15)19(23)24-13-14-6-2-1-3-7-14/h1-4,6-7,9-10,15,22H,5,8,11-13H2. The Morgan fingerprint density at radius 1 is 1.21 bits per heavy atom. The molecule has 0 aromatic heterocycles. The Bertz CT molecular complexity index is 705. The molecular weight excluding hydrogens is 309 g/mol. The largest absolute Gasteiger partial charge is 0.505 e. The highest BCUT2D eigenvalue weighted by molar-refractivity contribution is 5.68. The number of halogens is 1. The Kier molecular flexibility index (Phi) is 4.99. The summed E-state index contributed by atoms with van der Waals surface area (Å²) in [5, 5.41) is 9.54. The van der Waals surface area contributed by atoms with E-state index >= 15 is 0 Å². The number of phenolic OH excluding ortho intramolecular Hbond substituents is 1. The number of piperidine rings is 1. The molecule has 0 saturated carbocycles. The van der Waals surface area contributed by atoms with Crippen LogP contribution in [0.1, 0.15) is 29.9 Å². The maximum absolute atomic E-state index is 14.1. The number of ether oxygens (including phenoxy) is 1. The van der Waals surface area contributed by atoms with E-state index in [2.05, 4.69) is 0 Å². The first-order chi connectivity index (χ1) is 11.6. The Labute approximate surface area is 140 Å². The van der Waals surface area contributed by atoms with Crippen LogP contribution in [-0.4, -0.2) is 29.2 Å². The van der Waals surface area contributed by atoms with Gasteiger partial charge in [0.1, 0.15) is 6.61 Å². The topological polar surface area (TPSA) is 49.8 Å². The number of rotatable bonds is 3. The summed E-state index contributed by atoms with van der Waals surface area (Å²) in [6.45, 7) is 1.22. The maximum atomic E-state index is 14.1. The van der Waals surface area contributed by atoms with Crippen LogP contribution in [0.3, 0.4) is 0 Å². The number of hydrogen-bond acceptors (Lipinski definition) is 3. The molecule has 2 aromatic rings. The smallest absolute Gasteiger partial charge is 0.410 e. The lowest BCUT2D eigenvalue weighted by atomic mass is 9.90. The molecule has 1 N–H and O–H groups in total. The van der Waals surface area contributed by atoms with Gasteiger partial charge in [0.2, 0.25) is 0 Å². The van der Waals surface area contributed by atoms with Crippen molar-refractivity contribution in [1.29, 1.82) is 0 Å². The highest BCUT2D eigenvalue weighted by Crippen LogP contribution is 2.32. The van der Waals surface area contributed by atoms with Gasteiger partial charge in [0, 0.05) is 19.0 Å². The summed E-state index contributed by atoms with van der Waals surface area (Å²) in [5.41, 5.74) is 1.38. The van der Waals surface area contributed by atoms with Crippen molar-refractivity contribution in [3.8, 4) is 5.75 Å². The first kappa shape index (κ1) is 16.3. The van der Waals surface area contributed by atoms with Gasteiger partial charge < -0.3 is 14.7 Å². The summed E-state index contributed by atoms with van der Waals surface area (Å²) in [4.78, 5) is 13.9. The third kappa shape index (κ3) is 3.67. The van der Waals surface area contributed by atoms with E-state index in [1.165, 1.54) is 6.07 Å². The fourth-order valence-corrected chi connectivity index (χ4v) is 3.06. The minimum absolute atomic E-state index is 0.130. The van der Waals surface area contributed by atoms with E-state index in [1.54, 1.807) is 17.0 Å². The van der Waals surface area contributed by atoms with Crippen LogP contribution in [0.15, 0.2) is 48.5 Å². The highest BCUT2D eigenvalue weighted by atomic mass is 19.1. The molecule has 126 valence electrons. The predicted octanol–water partition coefficient (Wildman–Crippen LogP) is 4.05. The summed E-state index contributed by atoms with van der Waals surface area (Å²) in [5.74, 6) is -1.08. The molecule has 1 aliphatic rings. The molecule has 1 aliphatic heterocycles. The lowest BCUT2D eigenvalue weighted by Gasteiger charge is -2.32. The van der Waals surface area contributed by atoms with Crippen molar-refractivity contribution < 1.29 is 19.0 Å². The number of likely N-dealkylation sites (tertiary alicyclic amines) is 1. The Hall–Kier alpha value is -2.56. The summed E-state index contributed by atoms with van der Waals surface area (Å²) < 4.78 is 19.4. The maximum Gasteiger partial charge on any atom is 0.410 e. The zero-order chi connectivity index (χ0) is 16.9. The third-order valence-electron chi connectivity index (χ3n) is 4.33. The van der Waals surface area contributed by atoms with Gasteiger partial charge in [0.25, 0.3) is 0 Å². The number of carbonyl (C=O) groups is 1. The number of benzene rings is 2. The molecule has 0 aliphatic carbocycles. The molecule has 0 bridgehead atoms. The number of phenols is 1.